The maximum Gasteiger partial charge on any atom is 0.240 e. The lowest BCUT2D eigenvalue weighted by Crippen LogP contribution is -2.37. The molecule has 2 heterocycles. The Morgan fingerprint density at radius 3 is 2.27 bits per heavy atom. The van der Waals surface area contributed by atoms with Gasteiger partial charge in [0.15, 0.2) is 0 Å². The molecular weight excluding hydrogens is 438 g/mol. The fraction of sp³-hybridized carbons (Fsp3) is 0.680. The van der Waals surface area contributed by atoms with E-state index in [4.69, 9.17) is 0 Å². The van der Waals surface area contributed by atoms with Gasteiger partial charge in [-0.25, -0.2) is 13.1 Å². The molecule has 0 aromatic heterocycles. The van der Waals surface area contributed by atoms with Crippen LogP contribution in [0.15, 0.2) is 23.1 Å². The number of nitrogens with zero attached hydrogens (tertiary/aromatic N) is 2. The molecule has 1 aromatic carbocycles. The van der Waals surface area contributed by atoms with Crippen LogP contribution in [0.5, 0.6) is 0 Å². The van der Waals surface area contributed by atoms with Gasteiger partial charge in [-0.1, -0.05) is 0 Å². The molecule has 2 aliphatic carbocycles. The number of hydrogen-bond acceptors (Lipinski definition) is 4. The largest absolute Gasteiger partial charge is 0.342 e. The molecule has 33 heavy (non-hydrogen) atoms. The molecule has 7 nitrogen and oxygen atoms in total. The highest BCUT2D eigenvalue weighted by Gasteiger charge is 2.40. The first-order valence-corrected chi connectivity index (χ1v) is 14.1. The van der Waals surface area contributed by atoms with Crippen LogP contribution in [0.1, 0.15) is 63.9 Å². The van der Waals surface area contributed by atoms with Gasteiger partial charge in [0.2, 0.25) is 21.8 Å². The van der Waals surface area contributed by atoms with Crippen LogP contribution in [-0.4, -0.2) is 50.8 Å². The minimum Gasteiger partial charge on any atom is -0.342 e. The number of carbonyl (C=O) groups is 2. The van der Waals surface area contributed by atoms with Crippen molar-refractivity contribution in [2.45, 2.75) is 75.6 Å². The monoisotopic (exact) mass is 473 g/mol. The number of fused-ring (bicyclic) bond motifs is 1. The topological polar surface area (TPSA) is 86.8 Å². The molecule has 0 spiro atoms. The highest BCUT2D eigenvalue weighted by Crippen LogP contribution is 2.39. The van der Waals surface area contributed by atoms with E-state index in [0.717, 1.165) is 75.7 Å². The van der Waals surface area contributed by atoms with Gasteiger partial charge in [-0.2, -0.15) is 0 Å². The zero-order valence-electron chi connectivity index (χ0n) is 19.5. The van der Waals surface area contributed by atoms with E-state index in [9.17, 15) is 18.0 Å². The quantitative estimate of drug-likeness (QED) is 0.688. The number of hydrogen-bond donors (Lipinski definition) is 1. The van der Waals surface area contributed by atoms with Gasteiger partial charge in [-0.05, 0) is 94.4 Å². The van der Waals surface area contributed by atoms with Crippen molar-refractivity contribution >= 4 is 27.5 Å². The highest BCUT2D eigenvalue weighted by molar-refractivity contribution is 7.89. The predicted molar refractivity (Wildman–Crippen MR) is 126 cm³/mol. The number of likely N-dealkylation sites (tertiary alicyclic amines) is 1. The minimum atomic E-state index is -3.61. The van der Waals surface area contributed by atoms with Crippen LogP contribution in [0.4, 0.5) is 5.69 Å². The Hall–Kier alpha value is -1.93. The average Bonchev–Trinajstić information content (AvgIpc) is 3.41. The third-order valence-electron chi connectivity index (χ3n) is 7.92. The van der Waals surface area contributed by atoms with Gasteiger partial charge in [-0.3, -0.25) is 9.59 Å². The van der Waals surface area contributed by atoms with Gasteiger partial charge < -0.3 is 9.80 Å². The second-order valence-electron chi connectivity index (χ2n) is 10.4. The molecule has 2 aliphatic heterocycles. The number of amides is 2. The van der Waals surface area contributed by atoms with Crippen molar-refractivity contribution in [1.29, 1.82) is 0 Å². The number of sulfonamides is 1. The van der Waals surface area contributed by atoms with Crippen molar-refractivity contribution in [2.75, 3.05) is 24.5 Å². The Kier molecular flexibility index (Phi) is 6.25. The van der Waals surface area contributed by atoms with Crippen LogP contribution < -0.4 is 9.62 Å². The zero-order valence-corrected chi connectivity index (χ0v) is 20.3. The molecule has 3 fully saturated rings. The Labute approximate surface area is 196 Å². The Bertz CT molecular complexity index is 1020. The summed E-state index contributed by atoms with van der Waals surface area (Å²) < 4.78 is 28.8. The standard InChI is InChI=1S/C25H35N3O4S/c1-17-14-21-15-22(10-11-23(21)28(17)25(30)20-8-9-20)33(31,32)26-16-18-4-6-19(7-5-18)24(29)27-12-2-3-13-27/h10-11,15,17-20,26H,2-9,12-14,16H2,1H3. The summed E-state index contributed by atoms with van der Waals surface area (Å²) in [6.07, 6.45) is 8.29. The van der Waals surface area contributed by atoms with Crippen molar-refractivity contribution in [3.8, 4) is 0 Å². The van der Waals surface area contributed by atoms with Gasteiger partial charge in [0.05, 0.1) is 4.90 Å². The van der Waals surface area contributed by atoms with Gasteiger partial charge in [0.25, 0.3) is 0 Å². The number of benzene rings is 1. The fourth-order valence-electron chi connectivity index (χ4n) is 5.76. The maximum atomic E-state index is 13.0. The SMILES string of the molecule is CC1Cc2cc(S(=O)(=O)NCC3CCC(C(=O)N4CCCC4)CC3)ccc2N1C(=O)C1CC1. The number of carbonyl (C=O) groups excluding carboxylic acids is 2. The smallest absolute Gasteiger partial charge is 0.240 e. The summed E-state index contributed by atoms with van der Waals surface area (Å²) in [5.41, 5.74) is 1.79. The number of anilines is 1. The fourth-order valence-corrected chi connectivity index (χ4v) is 6.92. The molecule has 8 heteroatoms. The van der Waals surface area contributed by atoms with Crippen molar-refractivity contribution in [3.05, 3.63) is 23.8 Å². The summed E-state index contributed by atoms with van der Waals surface area (Å²) >= 11 is 0. The molecule has 1 aromatic rings. The summed E-state index contributed by atoms with van der Waals surface area (Å²) in [6, 6.07) is 5.22. The molecule has 180 valence electrons. The summed E-state index contributed by atoms with van der Waals surface area (Å²) in [5.74, 6) is 0.991. The molecule has 5 rings (SSSR count). The van der Waals surface area contributed by atoms with E-state index in [1.54, 1.807) is 18.2 Å². The van der Waals surface area contributed by atoms with Crippen LogP contribution in [0.2, 0.25) is 0 Å². The first kappa shape index (κ1) is 22.8. The summed E-state index contributed by atoms with van der Waals surface area (Å²) in [6.45, 7) is 4.22. The highest BCUT2D eigenvalue weighted by atomic mass is 32.2. The molecule has 1 N–H and O–H groups in total. The first-order chi connectivity index (χ1) is 15.8. The van der Waals surface area contributed by atoms with Crippen molar-refractivity contribution in [1.82, 2.24) is 9.62 Å². The molecule has 4 aliphatic rings. The summed E-state index contributed by atoms with van der Waals surface area (Å²) in [4.78, 5) is 29.4. The molecule has 1 atom stereocenters. The van der Waals surface area contributed by atoms with Gasteiger partial charge in [-0.15, -0.1) is 0 Å². The Balaban J connectivity index is 1.17. The van der Waals surface area contributed by atoms with Crippen LogP contribution in [0.25, 0.3) is 0 Å². The van der Waals surface area contributed by atoms with Crippen molar-refractivity contribution in [2.24, 2.45) is 17.8 Å². The van der Waals surface area contributed by atoms with E-state index in [0.29, 0.717) is 18.9 Å². The second-order valence-corrected chi connectivity index (χ2v) is 12.2. The molecule has 1 unspecified atom stereocenters. The van der Waals surface area contributed by atoms with Crippen LogP contribution in [0, 0.1) is 17.8 Å². The predicted octanol–water partition coefficient (Wildman–Crippen LogP) is 3.08. The van der Waals surface area contributed by atoms with Crippen molar-refractivity contribution in [3.63, 3.8) is 0 Å². The van der Waals surface area contributed by atoms with Gasteiger partial charge in [0.1, 0.15) is 0 Å². The molecule has 1 saturated heterocycles. The number of rotatable bonds is 6. The molecular formula is C25H35N3O4S. The Morgan fingerprint density at radius 2 is 1.61 bits per heavy atom. The second kappa shape index (κ2) is 9.02. The lowest BCUT2D eigenvalue weighted by molar-refractivity contribution is -0.135. The molecule has 0 radical (unpaired) electrons. The maximum absolute atomic E-state index is 13.0. The van der Waals surface area contributed by atoms with Crippen LogP contribution >= 0.6 is 0 Å². The van der Waals surface area contributed by atoms with Crippen LogP contribution in [-0.2, 0) is 26.0 Å². The average molecular weight is 474 g/mol. The Morgan fingerprint density at radius 1 is 0.970 bits per heavy atom. The molecule has 0 bridgehead atoms. The molecule has 2 saturated carbocycles. The van der Waals surface area contributed by atoms with Crippen molar-refractivity contribution < 1.29 is 18.0 Å². The van der Waals surface area contributed by atoms with Gasteiger partial charge in [0, 0.05) is 43.2 Å². The van der Waals surface area contributed by atoms with Gasteiger partial charge >= 0.3 is 0 Å². The van der Waals surface area contributed by atoms with E-state index >= 15 is 0 Å². The normalized spacial score (nSPS) is 27.6. The third-order valence-corrected chi connectivity index (χ3v) is 9.34. The van der Waals surface area contributed by atoms with Crippen LogP contribution in [0.3, 0.4) is 0 Å². The van der Waals surface area contributed by atoms with E-state index in [-0.39, 0.29) is 34.6 Å². The summed E-state index contributed by atoms with van der Waals surface area (Å²) in [5, 5.41) is 0. The molecule has 2 amide bonds. The minimum absolute atomic E-state index is 0.0671. The summed E-state index contributed by atoms with van der Waals surface area (Å²) in [7, 11) is -3.61. The van der Waals surface area contributed by atoms with E-state index in [1.165, 1.54) is 0 Å². The zero-order chi connectivity index (χ0) is 23.2. The first-order valence-electron chi connectivity index (χ1n) is 12.6. The lowest BCUT2D eigenvalue weighted by atomic mass is 9.81. The van der Waals surface area contributed by atoms with E-state index < -0.39 is 10.0 Å². The lowest BCUT2D eigenvalue weighted by Gasteiger charge is -2.30. The number of nitrogens with one attached hydrogen (secondary N) is 1. The third kappa shape index (κ3) is 4.69. The van der Waals surface area contributed by atoms with E-state index in [2.05, 4.69) is 4.72 Å². The van der Waals surface area contributed by atoms with E-state index in [1.807, 2.05) is 16.7 Å².